The molecular weight excluding hydrogens is 212 g/mol. The second kappa shape index (κ2) is 8.06. The smallest absolute Gasteiger partial charge is 0.0597 e. The highest BCUT2D eigenvalue weighted by molar-refractivity contribution is 4.87. The highest BCUT2D eigenvalue weighted by atomic mass is 16.3. The van der Waals surface area contributed by atoms with Crippen LogP contribution < -0.4 is 5.32 Å². The van der Waals surface area contributed by atoms with Crippen molar-refractivity contribution in [3.8, 4) is 0 Å². The number of rotatable bonds is 10. The Bertz CT molecular complexity index is 193. The van der Waals surface area contributed by atoms with Crippen LogP contribution in [0.1, 0.15) is 46.5 Å². The van der Waals surface area contributed by atoms with Crippen molar-refractivity contribution in [1.29, 1.82) is 0 Å². The van der Waals surface area contributed by atoms with Gasteiger partial charge in [0.05, 0.1) is 6.61 Å². The quantitative estimate of drug-likeness (QED) is 0.614. The van der Waals surface area contributed by atoms with Crippen LogP contribution in [0.2, 0.25) is 0 Å². The average molecular weight is 242 g/mol. The second-order valence-electron chi connectivity index (χ2n) is 5.74. The predicted molar refractivity (Wildman–Crippen MR) is 73.2 cm³/mol. The molecule has 1 aliphatic rings. The van der Waals surface area contributed by atoms with Crippen molar-refractivity contribution in [2.45, 2.75) is 58.5 Å². The van der Waals surface area contributed by atoms with Gasteiger partial charge < -0.3 is 10.4 Å². The monoisotopic (exact) mass is 242 g/mol. The third-order valence-corrected chi connectivity index (χ3v) is 3.42. The summed E-state index contributed by atoms with van der Waals surface area (Å²) in [6, 6.07) is 1.05. The Morgan fingerprint density at radius 1 is 1.35 bits per heavy atom. The molecule has 3 nitrogen and oxygen atoms in total. The molecule has 1 fully saturated rings. The van der Waals surface area contributed by atoms with E-state index in [1.54, 1.807) is 0 Å². The standard InChI is InChI=1S/C14H30N2O/c1-4-8-15-13(11-17)10-16(14-5-6-14)9-7-12(2)3/h12-15,17H,4-11H2,1-3H3. The molecule has 1 aliphatic carbocycles. The van der Waals surface area contributed by atoms with Crippen LogP contribution in [0.25, 0.3) is 0 Å². The topological polar surface area (TPSA) is 35.5 Å². The van der Waals surface area contributed by atoms with Crippen LogP contribution in [-0.2, 0) is 0 Å². The summed E-state index contributed by atoms with van der Waals surface area (Å²) in [5.41, 5.74) is 0. The SMILES string of the molecule is CCCNC(CO)CN(CCC(C)C)C1CC1. The second-order valence-corrected chi connectivity index (χ2v) is 5.74. The van der Waals surface area contributed by atoms with Gasteiger partial charge >= 0.3 is 0 Å². The van der Waals surface area contributed by atoms with Gasteiger partial charge in [0.1, 0.15) is 0 Å². The molecule has 0 heterocycles. The van der Waals surface area contributed by atoms with Gasteiger partial charge in [-0.3, -0.25) is 4.90 Å². The first-order valence-corrected chi connectivity index (χ1v) is 7.25. The Hall–Kier alpha value is -0.120. The van der Waals surface area contributed by atoms with Gasteiger partial charge in [-0.2, -0.15) is 0 Å². The molecule has 0 aromatic rings. The van der Waals surface area contributed by atoms with E-state index in [4.69, 9.17) is 0 Å². The lowest BCUT2D eigenvalue weighted by atomic mass is 10.1. The normalized spacial score (nSPS) is 18.0. The first-order valence-electron chi connectivity index (χ1n) is 7.25. The van der Waals surface area contributed by atoms with Gasteiger partial charge in [0.15, 0.2) is 0 Å². The van der Waals surface area contributed by atoms with E-state index in [-0.39, 0.29) is 12.6 Å². The molecule has 1 rings (SSSR count). The molecular formula is C14H30N2O. The summed E-state index contributed by atoms with van der Waals surface area (Å²) in [4.78, 5) is 2.57. The molecule has 2 N–H and O–H groups in total. The van der Waals surface area contributed by atoms with Gasteiger partial charge in [0.2, 0.25) is 0 Å². The molecule has 0 aromatic heterocycles. The molecule has 0 spiro atoms. The molecule has 0 bridgehead atoms. The lowest BCUT2D eigenvalue weighted by Crippen LogP contribution is -2.45. The summed E-state index contributed by atoms with van der Waals surface area (Å²) in [6.45, 7) is 10.2. The maximum Gasteiger partial charge on any atom is 0.0597 e. The van der Waals surface area contributed by atoms with Crippen LogP contribution in [-0.4, -0.2) is 48.3 Å². The van der Waals surface area contributed by atoms with Gasteiger partial charge in [-0.05, 0) is 44.7 Å². The van der Waals surface area contributed by atoms with Crippen LogP contribution in [0.4, 0.5) is 0 Å². The van der Waals surface area contributed by atoms with Crippen LogP contribution in [0, 0.1) is 5.92 Å². The van der Waals surface area contributed by atoms with E-state index in [9.17, 15) is 5.11 Å². The molecule has 17 heavy (non-hydrogen) atoms. The van der Waals surface area contributed by atoms with Crippen LogP contribution in [0.3, 0.4) is 0 Å². The fourth-order valence-corrected chi connectivity index (χ4v) is 2.11. The summed E-state index contributed by atoms with van der Waals surface area (Å²) in [5.74, 6) is 0.771. The van der Waals surface area contributed by atoms with Gasteiger partial charge in [-0.25, -0.2) is 0 Å². The Kier molecular flexibility index (Phi) is 7.09. The summed E-state index contributed by atoms with van der Waals surface area (Å²) < 4.78 is 0. The zero-order chi connectivity index (χ0) is 12.7. The Morgan fingerprint density at radius 2 is 2.06 bits per heavy atom. The van der Waals surface area contributed by atoms with Crippen molar-refractivity contribution in [3.63, 3.8) is 0 Å². The van der Waals surface area contributed by atoms with E-state index in [0.717, 1.165) is 31.5 Å². The Morgan fingerprint density at radius 3 is 2.53 bits per heavy atom. The highest BCUT2D eigenvalue weighted by Gasteiger charge is 2.29. The maximum atomic E-state index is 9.39. The van der Waals surface area contributed by atoms with Crippen molar-refractivity contribution in [2.24, 2.45) is 5.92 Å². The van der Waals surface area contributed by atoms with E-state index in [1.165, 1.54) is 25.8 Å². The molecule has 3 heteroatoms. The molecule has 1 saturated carbocycles. The summed E-state index contributed by atoms with van der Waals surface area (Å²) in [5, 5.41) is 12.8. The molecule has 0 aromatic carbocycles. The number of hydrogen-bond acceptors (Lipinski definition) is 3. The lowest BCUT2D eigenvalue weighted by molar-refractivity contribution is 0.171. The Labute approximate surface area is 107 Å². The van der Waals surface area contributed by atoms with Gasteiger partial charge in [0.25, 0.3) is 0 Å². The summed E-state index contributed by atoms with van der Waals surface area (Å²) in [6.07, 6.45) is 5.10. The molecule has 0 saturated heterocycles. The van der Waals surface area contributed by atoms with Crippen molar-refractivity contribution in [2.75, 3.05) is 26.2 Å². The van der Waals surface area contributed by atoms with E-state index < -0.39 is 0 Å². The average Bonchev–Trinajstić information content (AvgIpc) is 3.12. The lowest BCUT2D eigenvalue weighted by Gasteiger charge is -2.27. The predicted octanol–water partition coefficient (Wildman–Crippen LogP) is 1.86. The first kappa shape index (κ1) is 14.9. The minimum absolute atomic E-state index is 0.253. The molecule has 1 unspecified atom stereocenters. The number of hydrogen-bond donors (Lipinski definition) is 2. The van der Waals surface area contributed by atoms with Crippen LogP contribution in [0.15, 0.2) is 0 Å². The molecule has 1 atom stereocenters. The van der Waals surface area contributed by atoms with E-state index in [1.807, 2.05) is 0 Å². The highest BCUT2D eigenvalue weighted by Crippen LogP contribution is 2.27. The molecule has 102 valence electrons. The fraction of sp³-hybridized carbons (Fsp3) is 1.00. The van der Waals surface area contributed by atoms with Gasteiger partial charge in [-0.15, -0.1) is 0 Å². The zero-order valence-electron chi connectivity index (χ0n) is 11.8. The third-order valence-electron chi connectivity index (χ3n) is 3.42. The van der Waals surface area contributed by atoms with Crippen LogP contribution in [0.5, 0.6) is 0 Å². The maximum absolute atomic E-state index is 9.39. The number of aliphatic hydroxyl groups excluding tert-OH is 1. The number of aliphatic hydroxyl groups is 1. The zero-order valence-corrected chi connectivity index (χ0v) is 11.8. The van der Waals surface area contributed by atoms with Crippen LogP contribution >= 0.6 is 0 Å². The summed E-state index contributed by atoms with van der Waals surface area (Å²) >= 11 is 0. The third kappa shape index (κ3) is 6.39. The molecule has 0 radical (unpaired) electrons. The minimum atomic E-state index is 0.253. The summed E-state index contributed by atoms with van der Waals surface area (Å²) in [7, 11) is 0. The van der Waals surface area contributed by atoms with Crippen molar-refractivity contribution < 1.29 is 5.11 Å². The largest absolute Gasteiger partial charge is 0.395 e. The van der Waals surface area contributed by atoms with Crippen molar-refractivity contribution in [3.05, 3.63) is 0 Å². The number of nitrogens with one attached hydrogen (secondary N) is 1. The van der Waals surface area contributed by atoms with E-state index in [0.29, 0.717) is 0 Å². The minimum Gasteiger partial charge on any atom is -0.395 e. The van der Waals surface area contributed by atoms with E-state index in [2.05, 4.69) is 31.0 Å². The fourth-order valence-electron chi connectivity index (χ4n) is 2.11. The van der Waals surface area contributed by atoms with Crippen molar-refractivity contribution in [1.82, 2.24) is 10.2 Å². The van der Waals surface area contributed by atoms with E-state index >= 15 is 0 Å². The van der Waals surface area contributed by atoms with Gasteiger partial charge in [0, 0.05) is 18.6 Å². The molecule has 0 amide bonds. The molecule has 0 aliphatic heterocycles. The van der Waals surface area contributed by atoms with Gasteiger partial charge in [-0.1, -0.05) is 20.8 Å². The Balaban J connectivity index is 2.30. The van der Waals surface area contributed by atoms with Crippen molar-refractivity contribution >= 4 is 0 Å². The number of nitrogens with zero attached hydrogens (tertiary/aromatic N) is 1. The first-order chi connectivity index (χ1) is 8.17.